The van der Waals surface area contributed by atoms with E-state index in [1.54, 1.807) is 14.2 Å². The van der Waals surface area contributed by atoms with Crippen LogP contribution in [0.2, 0.25) is 0 Å². The summed E-state index contributed by atoms with van der Waals surface area (Å²) in [6.07, 6.45) is 0. The molecule has 1 rings (SSSR count). The molecule has 0 spiro atoms. The summed E-state index contributed by atoms with van der Waals surface area (Å²) in [5.41, 5.74) is 4.65. The minimum Gasteiger partial charge on any atom is -0.497 e. The minimum atomic E-state index is 0.754. The lowest BCUT2D eigenvalue weighted by atomic mass is 10.3. The summed E-state index contributed by atoms with van der Waals surface area (Å²) < 4.78 is 10.0. The van der Waals surface area contributed by atoms with Gasteiger partial charge in [-0.1, -0.05) is 0 Å². The molecule has 3 N–H and O–H groups in total. The Morgan fingerprint density at radius 2 is 1.91 bits per heavy atom. The highest BCUT2D eigenvalue weighted by molar-refractivity contribution is 5.49. The molecule has 0 saturated heterocycles. The van der Waals surface area contributed by atoms with Gasteiger partial charge in [-0.25, -0.2) is 0 Å². The normalized spacial score (nSPS) is 9.36. The van der Waals surface area contributed by atoms with E-state index < -0.39 is 0 Å². The lowest BCUT2D eigenvalue weighted by Gasteiger charge is -2.03. The van der Waals surface area contributed by atoms with Crippen LogP contribution in [0.5, 0.6) is 11.5 Å². The summed E-state index contributed by atoms with van der Waals surface area (Å²) in [5.74, 6) is 1.54. The Morgan fingerprint density at radius 1 is 1.18 bits per heavy atom. The smallest absolute Gasteiger partial charge is 0.183 e. The van der Waals surface area contributed by atoms with Gasteiger partial charge in [0.1, 0.15) is 5.75 Å². The first-order chi connectivity index (χ1) is 5.27. The first kappa shape index (κ1) is 7.88. The predicted molar refractivity (Wildman–Crippen MR) is 42.1 cm³/mol. The van der Waals surface area contributed by atoms with Gasteiger partial charge in [-0.05, 0) is 6.07 Å². The lowest BCUT2D eigenvalue weighted by molar-refractivity contribution is -0.256. The first-order valence-electron chi connectivity index (χ1n) is 3.32. The number of hydrogen-bond acceptors (Lipinski definition) is 2. The SMILES string of the molecule is COc1ccc([NH3+])c(OC)c1. The molecule has 1 aromatic rings. The highest BCUT2D eigenvalue weighted by atomic mass is 16.5. The van der Waals surface area contributed by atoms with Gasteiger partial charge in [0.15, 0.2) is 11.4 Å². The Kier molecular flexibility index (Phi) is 2.33. The highest BCUT2D eigenvalue weighted by Gasteiger charge is 2.02. The van der Waals surface area contributed by atoms with E-state index in [0.717, 1.165) is 17.2 Å². The van der Waals surface area contributed by atoms with Crippen molar-refractivity contribution >= 4 is 5.69 Å². The second kappa shape index (κ2) is 3.25. The Morgan fingerprint density at radius 3 is 2.45 bits per heavy atom. The van der Waals surface area contributed by atoms with Gasteiger partial charge in [0.05, 0.1) is 14.2 Å². The maximum Gasteiger partial charge on any atom is 0.183 e. The van der Waals surface area contributed by atoms with E-state index in [4.69, 9.17) is 9.47 Å². The largest absolute Gasteiger partial charge is 0.497 e. The molecule has 0 fully saturated rings. The van der Waals surface area contributed by atoms with Gasteiger partial charge in [-0.2, -0.15) is 0 Å². The first-order valence-corrected chi connectivity index (χ1v) is 3.32. The topological polar surface area (TPSA) is 46.1 Å². The second-order valence-corrected chi connectivity index (χ2v) is 2.18. The molecule has 0 amide bonds. The van der Waals surface area contributed by atoms with Crippen LogP contribution in [0.4, 0.5) is 5.69 Å². The van der Waals surface area contributed by atoms with Crippen molar-refractivity contribution < 1.29 is 15.2 Å². The predicted octanol–water partition coefficient (Wildman–Crippen LogP) is 0.577. The summed E-state index contributed by atoms with van der Waals surface area (Å²) in [7, 11) is 3.24. The molecule has 0 aliphatic heterocycles. The van der Waals surface area contributed by atoms with Crippen LogP contribution in [-0.2, 0) is 0 Å². The van der Waals surface area contributed by atoms with E-state index in [1.165, 1.54) is 0 Å². The summed E-state index contributed by atoms with van der Waals surface area (Å²) in [6.45, 7) is 0. The fourth-order valence-electron chi connectivity index (χ4n) is 0.852. The average molecular weight is 154 g/mol. The average Bonchev–Trinajstić information content (AvgIpc) is 2.05. The van der Waals surface area contributed by atoms with Crippen LogP contribution in [0.25, 0.3) is 0 Å². The molecule has 0 unspecified atom stereocenters. The van der Waals surface area contributed by atoms with Gasteiger partial charge in [-0.3, -0.25) is 0 Å². The van der Waals surface area contributed by atoms with Crippen molar-refractivity contribution in [2.24, 2.45) is 0 Å². The molecular formula is C8H12NO2+. The van der Waals surface area contributed by atoms with Crippen LogP contribution >= 0.6 is 0 Å². The molecule has 0 bridgehead atoms. The van der Waals surface area contributed by atoms with E-state index in [9.17, 15) is 0 Å². The Hall–Kier alpha value is -1.22. The molecule has 0 aliphatic rings. The fraction of sp³-hybridized carbons (Fsp3) is 0.250. The number of hydrogen-bond donors (Lipinski definition) is 1. The molecule has 0 saturated carbocycles. The molecule has 0 aliphatic carbocycles. The van der Waals surface area contributed by atoms with E-state index in [1.807, 2.05) is 18.2 Å². The van der Waals surface area contributed by atoms with Crippen molar-refractivity contribution in [3.8, 4) is 11.5 Å². The Balaban J connectivity index is 3.02. The number of rotatable bonds is 2. The molecule has 0 aromatic heterocycles. The molecule has 0 atom stereocenters. The summed E-state index contributed by atoms with van der Waals surface area (Å²) in [6, 6.07) is 5.52. The molecule has 0 radical (unpaired) electrons. The van der Waals surface area contributed by atoms with E-state index in [0.29, 0.717) is 0 Å². The summed E-state index contributed by atoms with van der Waals surface area (Å²) in [4.78, 5) is 0. The van der Waals surface area contributed by atoms with E-state index in [2.05, 4.69) is 5.73 Å². The molecule has 11 heavy (non-hydrogen) atoms. The van der Waals surface area contributed by atoms with Gasteiger partial charge in [0.25, 0.3) is 0 Å². The molecule has 3 nitrogen and oxygen atoms in total. The molecule has 60 valence electrons. The Labute approximate surface area is 65.7 Å². The van der Waals surface area contributed by atoms with Gasteiger partial charge in [0.2, 0.25) is 0 Å². The maximum atomic E-state index is 5.04. The quantitative estimate of drug-likeness (QED) is 0.677. The second-order valence-electron chi connectivity index (χ2n) is 2.18. The third kappa shape index (κ3) is 1.62. The van der Waals surface area contributed by atoms with Crippen molar-refractivity contribution in [3.05, 3.63) is 18.2 Å². The zero-order chi connectivity index (χ0) is 8.27. The molecular weight excluding hydrogens is 142 g/mol. The van der Waals surface area contributed by atoms with Gasteiger partial charge >= 0.3 is 0 Å². The van der Waals surface area contributed by atoms with Crippen LogP contribution in [0.15, 0.2) is 18.2 Å². The zero-order valence-electron chi connectivity index (χ0n) is 6.76. The lowest BCUT2D eigenvalue weighted by Crippen LogP contribution is -2.40. The number of benzene rings is 1. The van der Waals surface area contributed by atoms with Gasteiger partial charge in [0, 0.05) is 12.1 Å². The monoisotopic (exact) mass is 154 g/mol. The maximum absolute atomic E-state index is 5.04. The number of ether oxygens (including phenoxy) is 2. The van der Waals surface area contributed by atoms with Crippen LogP contribution < -0.4 is 15.2 Å². The summed E-state index contributed by atoms with van der Waals surface area (Å²) in [5, 5.41) is 0. The van der Waals surface area contributed by atoms with Crippen molar-refractivity contribution in [2.45, 2.75) is 0 Å². The standard InChI is InChI=1S/C8H11NO2/c1-10-6-3-4-7(9)8(5-6)11-2/h3-5H,9H2,1-2H3/p+1. The highest BCUT2D eigenvalue weighted by Crippen LogP contribution is 2.24. The zero-order valence-corrected chi connectivity index (χ0v) is 6.76. The van der Waals surface area contributed by atoms with Crippen molar-refractivity contribution in [1.29, 1.82) is 0 Å². The van der Waals surface area contributed by atoms with E-state index >= 15 is 0 Å². The molecule has 1 aromatic carbocycles. The number of methoxy groups -OCH3 is 2. The van der Waals surface area contributed by atoms with Crippen LogP contribution in [0.1, 0.15) is 0 Å². The minimum absolute atomic E-state index is 0.754. The van der Waals surface area contributed by atoms with Crippen LogP contribution in [0, 0.1) is 0 Å². The third-order valence-electron chi connectivity index (χ3n) is 1.49. The van der Waals surface area contributed by atoms with Crippen molar-refractivity contribution in [1.82, 2.24) is 0 Å². The molecule has 0 heterocycles. The van der Waals surface area contributed by atoms with Crippen molar-refractivity contribution in [3.63, 3.8) is 0 Å². The number of quaternary nitrogens is 1. The van der Waals surface area contributed by atoms with Crippen molar-refractivity contribution in [2.75, 3.05) is 14.2 Å². The summed E-state index contributed by atoms with van der Waals surface area (Å²) >= 11 is 0. The van der Waals surface area contributed by atoms with Gasteiger partial charge in [-0.15, -0.1) is 0 Å². The fourth-order valence-corrected chi connectivity index (χ4v) is 0.852. The van der Waals surface area contributed by atoms with Crippen LogP contribution in [0.3, 0.4) is 0 Å². The molecule has 3 heteroatoms. The van der Waals surface area contributed by atoms with Gasteiger partial charge < -0.3 is 15.2 Å². The van der Waals surface area contributed by atoms with E-state index in [-0.39, 0.29) is 0 Å². The Bertz CT molecular complexity index is 248. The third-order valence-corrected chi connectivity index (χ3v) is 1.49. The van der Waals surface area contributed by atoms with Crippen LogP contribution in [-0.4, -0.2) is 14.2 Å².